The quantitative estimate of drug-likeness (QED) is 0.604. The van der Waals surface area contributed by atoms with Gasteiger partial charge in [-0.15, -0.1) is 0 Å². The molecule has 1 atom stereocenters. The molecule has 1 aromatic carbocycles. The number of hydrogen-bond acceptors (Lipinski definition) is 4. The van der Waals surface area contributed by atoms with Gasteiger partial charge in [0, 0.05) is 6.07 Å². The summed E-state index contributed by atoms with van der Waals surface area (Å²) in [6, 6.07) is 1.46. The second kappa shape index (κ2) is 4.95. The van der Waals surface area contributed by atoms with Crippen molar-refractivity contribution in [3.05, 3.63) is 39.4 Å². The molecule has 0 heterocycles. The third kappa shape index (κ3) is 2.31. The van der Waals surface area contributed by atoms with Gasteiger partial charge in [-0.1, -0.05) is 0 Å². The standard InChI is InChI=1S/C9H10F2N2O3/c10-5-1-2-6(13(15)16)9(11)8(5)7(14)3-4-12/h1-2,7,14H,3-4,12H2/t7-/m0/s1. The van der Waals surface area contributed by atoms with E-state index in [1.807, 2.05) is 0 Å². The molecule has 1 aromatic rings. The third-order valence-electron chi connectivity index (χ3n) is 2.08. The molecule has 0 spiro atoms. The Morgan fingerprint density at radius 2 is 2.12 bits per heavy atom. The predicted octanol–water partition coefficient (Wildman–Crippen LogP) is 1.26. The minimum Gasteiger partial charge on any atom is -0.388 e. The van der Waals surface area contributed by atoms with E-state index in [-0.39, 0.29) is 13.0 Å². The molecule has 0 amide bonds. The van der Waals surface area contributed by atoms with Crippen LogP contribution in [0.5, 0.6) is 0 Å². The lowest BCUT2D eigenvalue weighted by molar-refractivity contribution is -0.387. The van der Waals surface area contributed by atoms with E-state index in [1.165, 1.54) is 0 Å². The lowest BCUT2D eigenvalue weighted by Crippen LogP contribution is -2.11. The van der Waals surface area contributed by atoms with E-state index in [0.717, 1.165) is 6.07 Å². The van der Waals surface area contributed by atoms with Gasteiger partial charge in [0.05, 0.1) is 16.6 Å². The highest BCUT2D eigenvalue weighted by atomic mass is 19.1. The van der Waals surface area contributed by atoms with Crippen LogP contribution in [0.2, 0.25) is 0 Å². The number of aliphatic hydroxyl groups excluding tert-OH is 1. The molecule has 7 heteroatoms. The van der Waals surface area contributed by atoms with Crippen molar-refractivity contribution < 1.29 is 18.8 Å². The molecule has 0 saturated heterocycles. The molecule has 0 saturated carbocycles. The highest BCUT2D eigenvalue weighted by molar-refractivity contribution is 5.38. The van der Waals surface area contributed by atoms with Crippen LogP contribution >= 0.6 is 0 Å². The van der Waals surface area contributed by atoms with Crippen LogP contribution in [0.4, 0.5) is 14.5 Å². The van der Waals surface area contributed by atoms with Crippen LogP contribution in [0.1, 0.15) is 18.1 Å². The van der Waals surface area contributed by atoms with Gasteiger partial charge in [0.2, 0.25) is 5.82 Å². The molecule has 88 valence electrons. The van der Waals surface area contributed by atoms with E-state index in [1.54, 1.807) is 0 Å². The van der Waals surface area contributed by atoms with Gasteiger partial charge >= 0.3 is 5.69 Å². The zero-order valence-corrected chi connectivity index (χ0v) is 8.19. The molecule has 0 fully saturated rings. The van der Waals surface area contributed by atoms with Gasteiger partial charge in [-0.2, -0.15) is 4.39 Å². The Morgan fingerprint density at radius 1 is 1.50 bits per heavy atom. The zero-order chi connectivity index (χ0) is 12.3. The number of nitro benzene ring substituents is 1. The fourth-order valence-corrected chi connectivity index (χ4v) is 1.31. The molecule has 0 aliphatic heterocycles. The Hall–Kier alpha value is -1.60. The molecular weight excluding hydrogens is 222 g/mol. The van der Waals surface area contributed by atoms with Crippen LogP contribution in [0.3, 0.4) is 0 Å². The van der Waals surface area contributed by atoms with E-state index < -0.39 is 33.9 Å². The number of halogens is 2. The van der Waals surface area contributed by atoms with Crippen LogP contribution in [-0.2, 0) is 0 Å². The molecule has 0 aliphatic rings. The molecule has 1 rings (SSSR count). The number of aliphatic hydroxyl groups is 1. The third-order valence-corrected chi connectivity index (χ3v) is 2.08. The number of benzene rings is 1. The van der Waals surface area contributed by atoms with Gasteiger partial charge in [-0.3, -0.25) is 10.1 Å². The fraction of sp³-hybridized carbons (Fsp3) is 0.333. The van der Waals surface area contributed by atoms with E-state index in [2.05, 4.69) is 0 Å². The maximum absolute atomic E-state index is 13.5. The van der Waals surface area contributed by atoms with E-state index in [9.17, 15) is 24.0 Å². The Morgan fingerprint density at radius 3 is 2.62 bits per heavy atom. The van der Waals surface area contributed by atoms with Crippen LogP contribution < -0.4 is 5.73 Å². The van der Waals surface area contributed by atoms with Gasteiger partial charge in [0.25, 0.3) is 0 Å². The first-order valence-corrected chi connectivity index (χ1v) is 4.49. The zero-order valence-electron chi connectivity index (χ0n) is 8.19. The predicted molar refractivity (Wildman–Crippen MR) is 51.6 cm³/mol. The van der Waals surface area contributed by atoms with Crippen LogP contribution in [-0.4, -0.2) is 16.6 Å². The monoisotopic (exact) mass is 232 g/mol. The minimum absolute atomic E-state index is 0.0166. The summed E-state index contributed by atoms with van der Waals surface area (Å²) in [6.45, 7) is 0.0166. The van der Waals surface area contributed by atoms with E-state index in [0.29, 0.717) is 6.07 Å². The first kappa shape index (κ1) is 12.5. The van der Waals surface area contributed by atoms with Crippen molar-refractivity contribution in [1.29, 1.82) is 0 Å². The summed E-state index contributed by atoms with van der Waals surface area (Å²) in [5.74, 6) is -2.38. The summed E-state index contributed by atoms with van der Waals surface area (Å²) in [5.41, 5.74) is 3.55. The number of nitro groups is 1. The summed E-state index contributed by atoms with van der Waals surface area (Å²) >= 11 is 0. The summed E-state index contributed by atoms with van der Waals surface area (Å²) in [6.07, 6.45) is -1.56. The number of rotatable bonds is 4. The van der Waals surface area contributed by atoms with Gasteiger partial charge in [-0.05, 0) is 19.0 Å². The Labute approximate surface area is 89.6 Å². The van der Waals surface area contributed by atoms with Gasteiger partial charge in [0.1, 0.15) is 5.82 Å². The van der Waals surface area contributed by atoms with Crippen molar-refractivity contribution in [2.24, 2.45) is 5.73 Å². The average molecular weight is 232 g/mol. The largest absolute Gasteiger partial charge is 0.388 e. The molecule has 5 nitrogen and oxygen atoms in total. The maximum Gasteiger partial charge on any atom is 0.305 e. The van der Waals surface area contributed by atoms with Crippen LogP contribution in [0.25, 0.3) is 0 Å². The molecule has 0 unspecified atom stereocenters. The summed E-state index contributed by atoms with van der Waals surface area (Å²) in [5, 5.41) is 19.8. The van der Waals surface area contributed by atoms with E-state index in [4.69, 9.17) is 5.73 Å². The minimum atomic E-state index is -1.48. The molecule has 0 bridgehead atoms. The van der Waals surface area contributed by atoms with Crippen LogP contribution in [0, 0.1) is 21.7 Å². The van der Waals surface area contributed by atoms with Crippen molar-refractivity contribution in [2.45, 2.75) is 12.5 Å². The molecule has 3 N–H and O–H groups in total. The molecule has 0 aromatic heterocycles. The topological polar surface area (TPSA) is 89.4 Å². The van der Waals surface area contributed by atoms with Crippen molar-refractivity contribution >= 4 is 5.69 Å². The second-order valence-corrected chi connectivity index (χ2v) is 3.14. The molecule has 16 heavy (non-hydrogen) atoms. The average Bonchev–Trinajstić information content (AvgIpc) is 2.17. The lowest BCUT2D eigenvalue weighted by Gasteiger charge is -2.11. The molecule has 0 aliphatic carbocycles. The van der Waals surface area contributed by atoms with E-state index >= 15 is 0 Å². The summed E-state index contributed by atoms with van der Waals surface area (Å²) in [7, 11) is 0. The normalized spacial score (nSPS) is 12.5. The first-order valence-electron chi connectivity index (χ1n) is 4.49. The van der Waals surface area contributed by atoms with Crippen molar-refractivity contribution in [3.8, 4) is 0 Å². The maximum atomic E-state index is 13.5. The molecular formula is C9H10F2N2O3. The van der Waals surface area contributed by atoms with Gasteiger partial charge < -0.3 is 10.8 Å². The smallest absolute Gasteiger partial charge is 0.305 e. The summed E-state index contributed by atoms with van der Waals surface area (Å²) < 4.78 is 26.7. The number of hydrogen-bond donors (Lipinski definition) is 2. The highest BCUT2D eigenvalue weighted by Gasteiger charge is 2.25. The summed E-state index contributed by atoms with van der Waals surface area (Å²) in [4.78, 5) is 9.42. The highest BCUT2D eigenvalue weighted by Crippen LogP contribution is 2.28. The molecule has 0 radical (unpaired) electrons. The SMILES string of the molecule is NCC[C@H](O)c1c(F)ccc([N+](=O)[O-])c1F. The number of nitrogens with zero attached hydrogens (tertiary/aromatic N) is 1. The Bertz CT molecular complexity index is 412. The number of nitrogens with two attached hydrogens (primary N) is 1. The van der Waals surface area contributed by atoms with Gasteiger partial charge in [0.15, 0.2) is 0 Å². The first-order chi connectivity index (χ1) is 7.49. The fourth-order valence-electron chi connectivity index (χ4n) is 1.31. The van der Waals surface area contributed by atoms with Gasteiger partial charge in [-0.25, -0.2) is 4.39 Å². The van der Waals surface area contributed by atoms with Crippen LogP contribution in [0.15, 0.2) is 12.1 Å². The van der Waals surface area contributed by atoms with Crippen molar-refractivity contribution in [3.63, 3.8) is 0 Å². The van der Waals surface area contributed by atoms with Crippen molar-refractivity contribution in [1.82, 2.24) is 0 Å². The van der Waals surface area contributed by atoms with Crippen molar-refractivity contribution in [2.75, 3.05) is 6.54 Å². The lowest BCUT2D eigenvalue weighted by atomic mass is 10.0. The Balaban J connectivity index is 3.26. The second-order valence-electron chi connectivity index (χ2n) is 3.14. The Kier molecular flexibility index (Phi) is 3.86.